The molecule has 9 heteroatoms. The zero-order valence-corrected chi connectivity index (χ0v) is 12.2. The van der Waals surface area contributed by atoms with Crippen molar-refractivity contribution >= 4 is 17.5 Å². The van der Waals surface area contributed by atoms with Crippen molar-refractivity contribution in [3.8, 4) is 0 Å². The third kappa shape index (κ3) is 2.84. The van der Waals surface area contributed by atoms with Crippen LogP contribution in [0.25, 0.3) is 0 Å². The van der Waals surface area contributed by atoms with E-state index < -0.39 is 11.8 Å². The first-order valence-corrected chi connectivity index (χ1v) is 7.24. The van der Waals surface area contributed by atoms with Gasteiger partial charge in [-0.05, 0) is 42.5 Å². The number of halogens is 4. The third-order valence-corrected chi connectivity index (χ3v) is 4.26. The summed E-state index contributed by atoms with van der Waals surface area (Å²) in [7, 11) is 0. The SMILES string of the molecule is O=C(c1ccc(Cl)o1)N1CCC(CC2(C(F)(F)F)N=N2)CC1. The summed E-state index contributed by atoms with van der Waals surface area (Å²) in [4.78, 5) is 13.7. The van der Waals surface area contributed by atoms with Gasteiger partial charge in [0, 0.05) is 19.5 Å². The fourth-order valence-electron chi connectivity index (χ4n) is 2.70. The lowest BCUT2D eigenvalue weighted by molar-refractivity contribution is -0.168. The number of nitrogens with zero attached hydrogens (tertiary/aromatic N) is 3. The molecule has 0 radical (unpaired) electrons. The van der Waals surface area contributed by atoms with Crippen LogP contribution >= 0.6 is 11.6 Å². The average molecular weight is 336 g/mol. The maximum absolute atomic E-state index is 12.8. The molecule has 0 aromatic carbocycles. The van der Waals surface area contributed by atoms with Crippen molar-refractivity contribution in [2.75, 3.05) is 13.1 Å². The van der Waals surface area contributed by atoms with Crippen LogP contribution in [0.15, 0.2) is 26.8 Å². The Morgan fingerprint density at radius 1 is 1.36 bits per heavy atom. The van der Waals surface area contributed by atoms with E-state index in [0.29, 0.717) is 25.9 Å². The molecule has 5 nitrogen and oxygen atoms in total. The van der Waals surface area contributed by atoms with E-state index in [2.05, 4.69) is 10.2 Å². The van der Waals surface area contributed by atoms with E-state index in [4.69, 9.17) is 16.0 Å². The van der Waals surface area contributed by atoms with Gasteiger partial charge in [0.15, 0.2) is 11.0 Å². The summed E-state index contributed by atoms with van der Waals surface area (Å²) in [6.07, 6.45) is -3.58. The molecule has 0 bridgehead atoms. The number of likely N-dealkylation sites (tertiary alicyclic amines) is 1. The fourth-order valence-corrected chi connectivity index (χ4v) is 2.85. The number of piperidine rings is 1. The summed E-state index contributed by atoms with van der Waals surface area (Å²) in [5, 5.41) is 6.51. The van der Waals surface area contributed by atoms with Crippen molar-refractivity contribution in [3.05, 3.63) is 23.1 Å². The second kappa shape index (κ2) is 5.26. The van der Waals surface area contributed by atoms with Gasteiger partial charge in [0.05, 0.1) is 0 Å². The summed E-state index contributed by atoms with van der Waals surface area (Å²) in [5.74, 6) is -0.306. The lowest BCUT2D eigenvalue weighted by atomic mass is 9.88. The molecule has 0 atom stereocenters. The number of furan rings is 1. The van der Waals surface area contributed by atoms with Crippen LogP contribution in [0.4, 0.5) is 13.2 Å². The van der Waals surface area contributed by atoms with Gasteiger partial charge in [0.25, 0.3) is 11.6 Å². The number of carbonyl (C=O) groups is 1. The molecule has 1 amide bonds. The van der Waals surface area contributed by atoms with Crippen LogP contribution in [0, 0.1) is 5.92 Å². The van der Waals surface area contributed by atoms with Crippen molar-refractivity contribution in [2.24, 2.45) is 16.1 Å². The normalized spacial score (nSPS) is 21.2. The second-order valence-electron chi connectivity index (χ2n) is 5.56. The third-order valence-electron chi connectivity index (χ3n) is 4.05. The first kappa shape index (κ1) is 15.3. The van der Waals surface area contributed by atoms with Crippen LogP contribution < -0.4 is 0 Å². The zero-order chi connectivity index (χ0) is 16.0. The van der Waals surface area contributed by atoms with Gasteiger partial charge in [-0.15, -0.1) is 10.2 Å². The van der Waals surface area contributed by atoms with E-state index in [9.17, 15) is 18.0 Å². The molecule has 1 aromatic rings. The highest BCUT2D eigenvalue weighted by Gasteiger charge is 2.64. The summed E-state index contributed by atoms with van der Waals surface area (Å²) in [6.45, 7) is 0.769. The molecule has 1 saturated heterocycles. The Bertz CT molecular complexity index is 600. The molecule has 22 heavy (non-hydrogen) atoms. The number of hydrogen-bond acceptors (Lipinski definition) is 4. The van der Waals surface area contributed by atoms with Gasteiger partial charge in [-0.2, -0.15) is 13.2 Å². The van der Waals surface area contributed by atoms with Crippen molar-refractivity contribution in [2.45, 2.75) is 31.1 Å². The standard InChI is InChI=1S/C13H13ClF3N3O2/c14-10-2-1-9(22-10)11(21)20-5-3-8(4-6-20)7-12(18-19-12)13(15,16)17/h1-2,8H,3-7H2. The van der Waals surface area contributed by atoms with Crippen LogP contribution in [0.2, 0.25) is 5.22 Å². The first-order chi connectivity index (χ1) is 10.3. The molecule has 0 N–H and O–H groups in total. The van der Waals surface area contributed by atoms with E-state index in [-0.39, 0.29) is 29.2 Å². The van der Waals surface area contributed by atoms with Crippen molar-refractivity contribution in [1.82, 2.24) is 4.90 Å². The summed E-state index contributed by atoms with van der Waals surface area (Å²) in [6, 6.07) is 2.96. The average Bonchev–Trinajstić information content (AvgIpc) is 3.13. The minimum atomic E-state index is -4.43. The maximum Gasteiger partial charge on any atom is 0.437 e. The number of amides is 1. The lowest BCUT2D eigenvalue weighted by Crippen LogP contribution is -2.41. The molecule has 0 saturated carbocycles. The molecule has 120 valence electrons. The summed E-state index contributed by atoms with van der Waals surface area (Å²) in [5.41, 5.74) is -2.20. The molecule has 0 spiro atoms. The number of hydrogen-bond donors (Lipinski definition) is 0. The van der Waals surface area contributed by atoms with Gasteiger partial charge >= 0.3 is 6.18 Å². The lowest BCUT2D eigenvalue weighted by Gasteiger charge is -2.32. The number of alkyl halides is 3. The highest BCUT2D eigenvalue weighted by Crippen LogP contribution is 2.49. The maximum atomic E-state index is 12.8. The van der Waals surface area contributed by atoms with Crippen molar-refractivity contribution in [3.63, 3.8) is 0 Å². The Labute approximate surface area is 129 Å². The predicted octanol–water partition coefficient (Wildman–Crippen LogP) is 3.90. The van der Waals surface area contributed by atoms with E-state index >= 15 is 0 Å². The second-order valence-corrected chi connectivity index (χ2v) is 5.93. The van der Waals surface area contributed by atoms with Crippen molar-refractivity contribution in [1.29, 1.82) is 0 Å². The van der Waals surface area contributed by atoms with Gasteiger partial charge in [-0.25, -0.2) is 0 Å². The molecular formula is C13H13ClF3N3O2. The molecule has 3 heterocycles. The zero-order valence-electron chi connectivity index (χ0n) is 11.4. The summed E-state index contributed by atoms with van der Waals surface area (Å²) < 4.78 is 43.5. The molecular weight excluding hydrogens is 323 g/mol. The van der Waals surface area contributed by atoms with Crippen LogP contribution in [0.3, 0.4) is 0 Å². The largest absolute Gasteiger partial charge is 0.440 e. The van der Waals surface area contributed by atoms with Crippen LogP contribution in [0.1, 0.15) is 29.8 Å². The Hall–Kier alpha value is -1.57. The van der Waals surface area contributed by atoms with E-state index in [1.165, 1.54) is 12.1 Å². The first-order valence-electron chi connectivity index (χ1n) is 6.86. The quantitative estimate of drug-likeness (QED) is 0.841. The van der Waals surface area contributed by atoms with E-state index in [0.717, 1.165) is 0 Å². The van der Waals surface area contributed by atoms with Gasteiger partial charge in [-0.3, -0.25) is 4.79 Å². The molecule has 0 unspecified atom stereocenters. The summed E-state index contributed by atoms with van der Waals surface area (Å²) >= 11 is 5.62. The molecule has 2 aliphatic heterocycles. The highest BCUT2D eigenvalue weighted by atomic mass is 35.5. The highest BCUT2D eigenvalue weighted by molar-refractivity contribution is 6.29. The molecule has 1 fully saturated rings. The van der Waals surface area contributed by atoms with E-state index in [1.807, 2.05) is 0 Å². The van der Waals surface area contributed by atoms with E-state index in [1.54, 1.807) is 4.90 Å². The smallest absolute Gasteiger partial charge is 0.437 e. The molecule has 0 aliphatic carbocycles. The Kier molecular flexibility index (Phi) is 3.66. The molecule has 3 rings (SSSR count). The predicted molar refractivity (Wildman–Crippen MR) is 70.6 cm³/mol. The minimum absolute atomic E-state index is 0.127. The monoisotopic (exact) mass is 335 g/mol. The minimum Gasteiger partial charge on any atom is -0.440 e. The fraction of sp³-hybridized carbons (Fsp3) is 0.615. The van der Waals surface area contributed by atoms with Crippen molar-refractivity contribution < 1.29 is 22.4 Å². The van der Waals surface area contributed by atoms with Gasteiger partial charge < -0.3 is 9.32 Å². The topological polar surface area (TPSA) is 58.2 Å². The van der Waals surface area contributed by atoms with Crippen LogP contribution in [-0.4, -0.2) is 35.7 Å². The van der Waals surface area contributed by atoms with Crippen LogP contribution in [0.5, 0.6) is 0 Å². The Morgan fingerprint density at radius 3 is 2.45 bits per heavy atom. The van der Waals surface area contributed by atoms with Crippen LogP contribution in [-0.2, 0) is 0 Å². The number of rotatable bonds is 3. The van der Waals surface area contributed by atoms with Gasteiger partial charge in [-0.1, -0.05) is 0 Å². The molecule has 1 aromatic heterocycles. The Morgan fingerprint density at radius 2 is 2.00 bits per heavy atom. The number of carbonyl (C=O) groups excluding carboxylic acids is 1. The van der Waals surface area contributed by atoms with Gasteiger partial charge in [0.1, 0.15) is 0 Å². The van der Waals surface area contributed by atoms with Gasteiger partial charge in [0.2, 0.25) is 0 Å². The molecule has 2 aliphatic rings. The Balaban J connectivity index is 1.54.